The van der Waals surface area contributed by atoms with Crippen LogP contribution in [-0.2, 0) is 6.54 Å². The topological polar surface area (TPSA) is 19.0 Å². The van der Waals surface area contributed by atoms with Crippen LogP contribution < -0.4 is 0 Å². The number of para-hydroxylation sites is 1. The lowest BCUT2D eigenvalue weighted by Crippen LogP contribution is -2.19. The van der Waals surface area contributed by atoms with E-state index in [2.05, 4.69) is 78.1 Å². The molecule has 2 aromatic carbocycles. The molecule has 0 saturated carbocycles. The van der Waals surface area contributed by atoms with E-state index in [1.165, 1.54) is 40.6 Å². The van der Waals surface area contributed by atoms with Crippen molar-refractivity contribution in [3.63, 3.8) is 0 Å². The molecule has 1 aliphatic heterocycles. The molecule has 1 unspecified atom stereocenters. The molecule has 0 aliphatic carbocycles. The molecule has 2 nitrogen and oxygen atoms in total. The number of benzene rings is 2. The van der Waals surface area contributed by atoms with Gasteiger partial charge >= 0.3 is 0 Å². The van der Waals surface area contributed by atoms with E-state index in [-0.39, 0.29) is 0 Å². The van der Waals surface area contributed by atoms with Crippen LogP contribution in [0.2, 0.25) is 0 Å². The molecule has 2 heterocycles. The van der Waals surface area contributed by atoms with E-state index in [0.717, 1.165) is 18.0 Å². The van der Waals surface area contributed by atoms with Gasteiger partial charge in [0.2, 0.25) is 0 Å². The fraction of sp³-hybridized carbons (Fsp3) is 0.300. The first-order valence-electron chi connectivity index (χ1n) is 8.27. The summed E-state index contributed by atoms with van der Waals surface area (Å²) in [6.07, 6.45) is 3.40. The molecule has 3 heteroatoms. The summed E-state index contributed by atoms with van der Waals surface area (Å²) >= 11 is 4.58. The zero-order chi connectivity index (χ0) is 15.8. The molecule has 0 bridgehead atoms. The van der Waals surface area contributed by atoms with Crippen molar-refractivity contribution in [2.75, 3.05) is 13.1 Å². The molecule has 3 aromatic rings. The van der Waals surface area contributed by atoms with E-state index in [4.69, 9.17) is 0 Å². The first kappa shape index (κ1) is 14.9. The lowest BCUT2D eigenvalue weighted by atomic mass is 9.97. The number of aromatic nitrogens is 1. The van der Waals surface area contributed by atoms with Gasteiger partial charge in [-0.05, 0) is 54.6 Å². The van der Waals surface area contributed by atoms with Gasteiger partial charge in [-0.3, -0.25) is 4.90 Å². The summed E-state index contributed by atoms with van der Waals surface area (Å²) in [5, 5.41) is 1.35. The van der Waals surface area contributed by atoms with Crippen LogP contribution in [0.5, 0.6) is 0 Å². The lowest BCUT2D eigenvalue weighted by molar-refractivity contribution is 0.328. The van der Waals surface area contributed by atoms with Crippen LogP contribution in [-0.4, -0.2) is 23.0 Å². The van der Waals surface area contributed by atoms with Crippen LogP contribution in [0, 0.1) is 6.92 Å². The van der Waals surface area contributed by atoms with E-state index < -0.39 is 0 Å². The van der Waals surface area contributed by atoms with Crippen molar-refractivity contribution in [3.05, 3.63) is 65.4 Å². The molecule has 1 fully saturated rings. The Morgan fingerprint density at radius 2 is 2.09 bits per heavy atom. The second-order valence-corrected chi connectivity index (χ2v) is 7.11. The van der Waals surface area contributed by atoms with Crippen molar-refractivity contribution in [1.29, 1.82) is 0 Å². The average molecular weight is 322 g/mol. The maximum absolute atomic E-state index is 4.58. The quantitative estimate of drug-likeness (QED) is 0.666. The maximum Gasteiger partial charge on any atom is 0.0457 e. The number of likely N-dealkylation sites (tertiary alicyclic amines) is 1. The molecule has 23 heavy (non-hydrogen) atoms. The lowest BCUT2D eigenvalue weighted by Gasteiger charge is -2.16. The van der Waals surface area contributed by atoms with Gasteiger partial charge in [0.1, 0.15) is 0 Å². The number of aromatic amines is 1. The van der Waals surface area contributed by atoms with Gasteiger partial charge in [-0.15, -0.1) is 12.6 Å². The molecule has 4 rings (SSSR count). The second-order valence-electron chi connectivity index (χ2n) is 6.63. The summed E-state index contributed by atoms with van der Waals surface area (Å²) in [4.78, 5) is 7.06. The monoisotopic (exact) mass is 322 g/mol. The summed E-state index contributed by atoms with van der Waals surface area (Å²) in [6.45, 7) is 5.44. The van der Waals surface area contributed by atoms with Crippen LogP contribution in [0.4, 0.5) is 0 Å². The number of fused-ring (bicyclic) bond motifs is 1. The Morgan fingerprint density at radius 1 is 1.22 bits per heavy atom. The highest BCUT2D eigenvalue weighted by Crippen LogP contribution is 2.31. The van der Waals surface area contributed by atoms with Crippen molar-refractivity contribution < 1.29 is 0 Å². The number of aryl methyl sites for hydroxylation is 1. The van der Waals surface area contributed by atoms with Gasteiger partial charge in [0.25, 0.3) is 0 Å². The van der Waals surface area contributed by atoms with Crippen molar-refractivity contribution in [2.45, 2.75) is 30.7 Å². The average Bonchev–Trinajstić information content (AvgIpc) is 3.18. The molecule has 1 aromatic heterocycles. The highest BCUT2D eigenvalue weighted by molar-refractivity contribution is 7.80. The Hall–Kier alpha value is -1.71. The first-order chi connectivity index (χ1) is 11.2. The molecule has 0 spiro atoms. The number of hydrogen-bond acceptors (Lipinski definition) is 2. The van der Waals surface area contributed by atoms with Crippen molar-refractivity contribution >= 4 is 23.5 Å². The molecular weight excluding hydrogens is 300 g/mol. The number of H-pyrrole nitrogens is 1. The second kappa shape index (κ2) is 6.06. The van der Waals surface area contributed by atoms with E-state index >= 15 is 0 Å². The summed E-state index contributed by atoms with van der Waals surface area (Å²) in [5.74, 6) is 0.631. The highest BCUT2D eigenvalue weighted by atomic mass is 32.1. The zero-order valence-electron chi connectivity index (χ0n) is 13.4. The Bertz CT molecular complexity index is 837. The Balaban J connectivity index is 1.49. The standard InChI is InChI=1S/C20H22N2S/c1-14-6-7-15(10-20(14)23)16-8-9-22(12-16)13-17-11-21-19-5-3-2-4-18(17)19/h2-7,10-11,16,21,23H,8-9,12-13H2,1H3. The third-order valence-electron chi connectivity index (χ3n) is 5.05. The van der Waals surface area contributed by atoms with Gasteiger partial charge in [-0.2, -0.15) is 0 Å². The van der Waals surface area contributed by atoms with Crippen LogP contribution in [0.25, 0.3) is 10.9 Å². The normalized spacial score (nSPS) is 18.8. The minimum atomic E-state index is 0.631. The number of rotatable bonds is 3. The molecule has 1 saturated heterocycles. The third kappa shape index (κ3) is 2.91. The number of hydrogen-bond donors (Lipinski definition) is 2. The number of thiol groups is 1. The predicted octanol–water partition coefficient (Wildman–Crippen LogP) is 4.75. The van der Waals surface area contributed by atoms with E-state index in [0.29, 0.717) is 5.92 Å². The SMILES string of the molecule is Cc1ccc(C2CCN(Cc3c[nH]c4ccccc34)C2)cc1S. The van der Waals surface area contributed by atoms with Gasteiger partial charge < -0.3 is 4.98 Å². The van der Waals surface area contributed by atoms with E-state index in [9.17, 15) is 0 Å². The minimum absolute atomic E-state index is 0.631. The number of nitrogens with zero attached hydrogens (tertiary/aromatic N) is 1. The third-order valence-corrected chi connectivity index (χ3v) is 5.53. The first-order valence-corrected chi connectivity index (χ1v) is 8.72. The maximum atomic E-state index is 4.58. The van der Waals surface area contributed by atoms with Gasteiger partial charge in [0.15, 0.2) is 0 Å². The fourth-order valence-electron chi connectivity index (χ4n) is 3.63. The fourth-order valence-corrected chi connectivity index (χ4v) is 3.86. The smallest absolute Gasteiger partial charge is 0.0457 e. The number of nitrogens with one attached hydrogen (secondary N) is 1. The minimum Gasteiger partial charge on any atom is -0.361 e. The van der Waals surface area contributed by atoms with Crippen LogP contribution >= 0.6 is 12.6 Å². The molecule has 0 radical (unpaired) electrons. The summed E-state index contributed by atoms with van der Waals surface area (Å²) < 4.78 is 0. The summed E-state index contributed by atoms with van der Waals surface area (Å²) in [6, 6.07) is 15.3. The molecular formula is C20H22N2S. The van der Waals surface area contributed by atoms with Crippen LogP contribution in [0.15, 0.2) is 53.6 Å². The Labute approximate surface area is 142 Å². The van der Waals surface area contributed by atoms with Crippen LogP contribution in [0.1, 0.15) is 29.0 Å². The van der Waals surface area contributed by atoms with Crippen molar-refractivity contribution in [2.24, 2.45) is 0 Å². The van der Waals surface area contributed by atoms with Crippen LogP contribution in [0.3, 0.4) is 0 Å². The van der Waals surface area contributed by atoms with Gasteiger partial charge in [-0.1, -0.05) is 30.3 Å². The summed E-state index contributed by atoms with van der Waals surface area (Å²) in [5.41, 5.74) is 5.32. The van der Waals surface area contributed by atoms with E-state index in [1.807, 2.05) is 0 Å². The Kier molecular flexibility index (Phi) is 3.92. The Morgan fingerprint density at radius 3 is 2.96 bits per heavy atom. The van der Waals surface area contributed by atoms with Crippen molar-refractivity contribution in [1.82, 2.24) is 9.88 Å². The highest BCUT2D eigenvalue weighted by Gasteiger charge is 2.24. The van der Waals surface area contributed by atoms with Gasteiger partial charge in [-0.25, -0.2) is 0 Å². The summed E-state index contributed by atoms with van der Waals surface area (Å²) in [7, 11) is 0. The molecule has 1 aliphatic rings. The zero-order valence-corrected chi connectivity index (χ0v) is 14.3. The molecule has 1 atom stereocenters. The van der Waals surface area contributed by atoms with Gasteiger partial charge in [0.05, 0.1) is 0 Å². The van der Waals surface area contributed by atoms with E-state index in [1.54, 1.807) is 0 Å². The molecule has 1 N–H and O–H groups in total. The molecule has 0 amide bonds. The van der Waals surface area contributed by atoms with Crippen molar-refractivity contribution in [3.8, 4) is 0 Å². The van der Waals surface area contributed by atoms with Gasteiger partial charge in [0, 0.05) is 35.1 Å². The largest absolute Gasteiger partial charge is 0.361 e. The molecule has 118 valence electrons. The predicted molar refractivity (Wildman–Crippen MR) is 99.4 cm³/mol.